The van der Waals surface area contributed by atoms with Crippen molar-refractivity contribution in [3.8, 4) is 0 Å². The monoisotopic (exact) mass is 224 g/mol. The first kappa shape index (κ1) is 10.3. The molecule has 0 fully saturated rings. The molecule has 4 nitrogen and oxygen atoms in total. The average Bonchev–Trinajstić information content (AvgIpc) is 2.28. The van der Waals surface area contributed by atoms with E-state index in [0.29, 0.717) is 12.2 Å². The number of benzene rings is 1. The Morgan fingerprint density at radius 3 is 3.13 bits per heavy atom. The van der Waals surface area contributed by atoms with Crippen molar-refractivity contribution in [2.75, 3.05) is 18.1 Å². The lowest BCUT2D eigenvalue weighted by Gasteiger charge is -2.27. The number of fused-ring (bicyclic) bond motifs is 1. The molecule has 0 bridgehead atoms. The van der Waals surface area contributed by atoms with Gasteiger partial charge in [0.15, 0.2) is 0 Å². The summed E-state index contributed by atoms with van der Waals surface area (Å²) in [5, 5.41) is 3.19. The molecule has 0 atom stereocenters. The number of carbonyl (C=O) groups is 1. The third-order valence-corrected chi connectivity index (χ3v) is 2.72. The van der Waals surface area contributed by atoms with Gasteiger partial charge in [-0.25, -0.2) is 4.79 Å². The van der Waals surface area contributed by atoms with Crippen molar-refractivity contribution in [1.82, 2.24) is 5.32 Å². The third-order valence-electron chi connectivity index (χ3n) is 2.36. The van der Waals surface area contributed by atoms with Crippen LogP contribution in [0.2, 0.25) is 0 Å². The van der Waals surface area contributed by atoms with Crippen molar-refractivity contribution in [3.63, 3.8) is 0 Å². The number of hydrogen-bond donors (Lipinski definition) is 2. The highest BCUT2D eigenvalue weighted by Crippen LogP contribution is 2.26. The first-order valence-electron chi connectivity index (χ1n) is 4.61. The normalized spacial score (nSPS) is 14.7. The van der Waals surface area contributed by atoms with E-state index in [4.69, 9.17) is 0 Å². The van der Waals surface area contributed by atoms with Crippen molar-refractivity contribution in [1.29, 1.82) is 0 Å². The lowest BCUT2D eigenvalue weighted by atomic mass is 10.1. The summed E-state index contributed by atoms with van der Waals surface area (Å²) in [5.41, 5.74) is 2.64. The molecule has 15 heavy (non-hydrogen) atoms. The lowest BCUT2D eigenvalue weighted by molar-refractivity contribution is 0.0601. The second-order valence-electron chi connectivity index (χ2n) is 3.32. The number of esters is 1. The van der Waals surface area contributed by atoms with Crippen molar-refractivity contribution < 1.29 is 9.53 Å². The van der Waals surface area contributed by atoms with Gasteiger partial charge in [-0.1, -0.05) is 18.9 Å². The molecule has 1 aromatic carbocycles. The molecule has 0 aromatic heterocycles. The zero-order chi connectivity index (χ0) is 10.8. The molecule has 1 aliphatic rings. The summed E-state index contributed by atoms with van der Waals surface area (Å²) in [7, 11) is 1.38. The average molecular weight is 224 g/mol. The Bertz CT molecular complexity index is 395. The van der Waals surface area contributed by atoms with Crippen LogP contribution in [0.15, 0.2) is 18.2 Å². The van der Waals surface area contributed by atoms with E-state index in [0.717, 1.165) is 17.8 Å². The molecular formula is C10H12N2O2S. The Hall–Kier alpha value is -1.20. The zero-order valence-corrected chi connectivity index (χ0v) is 9.25. The molecule has 1 heterocycles. The fourth-order valence-electron chi connectivity index (χ4n) is 1.58. The molecule has 2 rings (SSSR count). The van der Waals surface area contributed by atoms with Gasteiger partial charge >= 0.3 is 5.97 Å². The molecular weight excluding hydrogens is 212 g/mol. The smallest absolute Gasteiger partial charge is 0.337 e. The quantitative estimate of drug-likeness (QED) is 0.555. The zero-order valence-electron chi connectivity index (χ0n) is 8.36. The van der Waals surface area contributed by atoms with E-state index in [1.54, 1.807) is 16.4 Å². The molecule has 0 unspecified atom stereocenters. The number of nitrogens with one attached hydrogen (secondary N) is 1. The van der Waals surface area contributed by atoms with E-state index in [1.165, 1.54) is 7.11 Å². The van der Waals surface area contributed by atoms with Crippen molar-refractivity contribution in [3.05, 3.63) is 29.3 Å². The van der Waals surface area contributed by atoms with E-state index in [2.05, 4.69) is 22.9 Å². The summed E-state index contributed by atoms with van der Waals surface area (Å²) in [6, 6.07) is 5.48. The Morgan fingerprint density at radius 2 is 2.40 bits per heavy atom. The number of hydrogen-bond acceptors (Lipinski definition) is 5. The van der Waals surface area contributed by atoms with Crippen LogP contribution in [0.1, 0.15) is 15.9 Å². The van der Waals surface area contributed by atoms with Gasteiger partial charge in [-0.05, 0) is 17.7 Å². The van der Waals surface area contributed by atoms with Crippen LogP contribution >= 0.6 is 12.8 Å². The van der Waals surface area contributed by atoms with Gasteiger partial charge in [-0.2, -0.15) is 0 Å². The van der Waals surface area contributed by atoms with Crippen LogP contribution in [0.5, 0.6) is 0 Å². The van der Waals surface area contributed by atoms with Gasteiger partial charge in [0, 0.05) is 6.54 Å². The van der Waals surface area contributed by atoms with E-state index >= 15 is 0 Å². The third kappa shape index (κ3) is 1.93. The number of rotatable bonds is 1. The Morgan fingerprint density at radius 1 is 1.60 bits per heavy atom. The molecule has 0 spiro atoms. The highest BCUT2D eigenvalue weighted by Gasteiger charge is 2.16. The maximum atomic E-state index is 11.3. The van der Waals surface area contributed by atoms with Gasteiger partial charge in [0.2, 0.25) is 0 Å². The van der Waals surface area contributed by atoms with Crippen molar-refractivity contribution >= 4 is 24.5 Å². The van der Waals surface area contributed by atoms with Crippen LogP contribution in [0.4, 0.5) is 5.69 Å². The maximum absolute atomic E-state index is 11.3. The minimum atomic E-state index is -0.321. The molecule has 0 aliphatic carbocycles. The number of ether oxygens (including phenoxy) is 1. The molecule has 0 saturated heterocycles. The Labute approximate surface area is 93.8 Å². The second-order valence-corrected chi connectivity index (χ2v) is 3.80. The van der Waals surface area contributed by atoms with Crippen LogP contribution < -0.4 is 9.62 Å². The SMILES string of the molecule is COC(=O)c1ccc2c(c1)N(S)CNC2. The van der Waals surface area contributed by atoms with Crippen molar-refractivity contribution in [2.24, 2.45) is 0 Å². The fraction of sp³-hybridized carbons (Fsp3) is 0.300. The Balaban J connectivity index is 2.39. The van der Waals surface area contributed by atoms with Crippen LogP contribution in [-0.4, -0.2) is 19.7 Å². The van der Waals surface area contributed by atoms with E-state index < -0.39 is 0 Å². The minimum absolute atomic E-state index is 0.321. The maximum Gasteiger partial charge on any atom is 0.337 e. The second kappa shape index (κ2) is 4.12. The number of nitrogens with zero attached hydrogens (tertiary/aromatic N) is 1. The lowest BCUT2D eigenvalue weighted by Crippen LogP contribution is -2.32. The summed E-state index contributed by atoms with van der Waals surface area (Å²) >= 11 is 4.30. The topological polar surface area (TPSA) is 41.6 Å². The molecule has 0 amide bonds. The highest BCUT2D eigenvalue weighted by atomic mass is 32.1. The van der Waals surface area contributed by atoms with Crippen LogP contribution in [-0.2, 0) is 11.3 Å². The molecule has 0 radical (unpaired) electrons. The van der Waals surface area contributed by atoms with Crippen molar-refractivity contribution in [2.45, 2.75) is 6.54 Å². The summed E-state index contributed by atoms with van der Waals surface area (Å²) in [6.45, 7) is 1.47. The van der Waals surface area contributed by atoms with E-state index in [1.807, 2.05) is 6.07 Å². The summed E-state index contributed by atoms with van der Waals surface area (Å²) < 4.78 is 6.43. The molecule has 1 N–H and O–H groups in total. The standard InChI is InChI=1S/C10H12N2O2S/c1-14-10(13)7-2-3-8-5-11-6-12(15)9(8)4-7/h2-4,11,15H,5-6H2,1H3. The number of methoxy groups -OCH3 is 1. The van der Waals surface area contributed by atoms with Crippen LogP contribution in [0.25, 0.3) is 0 Å². The predicted molar refractivity (Wildman–Crippen MR) is 61.0 cm³/mol. The highest BCUT2D eigenvalue weighted by molar-refractivity contribution is 7.81. The fourth-order valence-corrected chi connectivity index (χ4v) is 1.87. The molecule has 5 heteroatoms. The van der Waals surface area contributed by atoms with Gasteiger partial charge in [0.25, 0.3) is 0 Å². The summed E-state index contributed by atoms with van der Waals surface area (Å²) in [6.07, 6.45) is 0. The predicted octanol–water partition coefficient (Wildman–Crippen LogP) is 1.19. The van der Waals surface area contributed by atoms with Gasteiger partial charge in [-0.15, -0.1) is 0 Å². The first-order chi connectivity index (χ1) is 7.22. The van der Waals surface area contributed by atoms with Crippen LogP contribution in [0.3, 0.4) is 0 Å². The van der Waals surface area contributed by atoms with E-state index in [9.17, 15) is 4.79 Å². The van der Waals surface area contributed by atoms with E-state index in [-0.39, 0.29) is 5.97 Å². The molecule has 1 aromatic rings. The Kier molecular flexibility index (Phi) is 2.83. The molecule has 80 valence electrons. The van der Waals surface area contributed by atoms with Gasteiger partial charge in [0.05, 0.1) is 25.0 Å². The summed E-state index contributed by atoms with van der Waals surface area (Å²) in [5.74, 6) is -0.321. The van der Waals surface area contributed by atoms with Gasteiger partial charge in [0.1, 0.15) is 0 Å². The number of anilines is 1. The van der Waals surface area contributed by atoms with Gasteiger partial charge < -0.3 is 9.04 Å². The minimum Gasteiger partial charge on any atom is -0.465 e. The van der Waals surface area contributed by atoms with Gasteiger partial charge in [-0.3, -0.25) is 5.32 Å². The molecule has 0 saturated carbocycles. The first-order valence-corrected chi connectivity index (χ1v) is 5.01. The number of carbonyl (C=O) groups excluding carboxylic acids is 1. The van der Waals surface area contributed by atoms with Crippen LogP contribution in [0, 0.1) is 0 Å². The largest absolute Gasteiger partial charge is 0.465 e. The molecule has 1 aliphatic heterocycles. The summed E-state index contributed by atoms with van der Waals surface area (Å²) in [4.78, 5) is 11.3. The number of thiol groups is 1.